The topological polar surface area (TPSA) is 96.0 Å². The summed E-state index contributed by atoms with van der Waals surface area (Å²) in [7, 11) is -2.58. The minimum atomic E-state index is -4.14. The van der Waals surface area contributed by atoms with E-state index in [-0.39, 0.29) is 29.1 Å². The fourth-order valence-corrected chi connectivity index (χ4v) is 5.72. The van der Waals surface area contributed by atoms with Crippen LogP contribution in [0.2, 0.25) is 5.02 Å². The van der Waals surface area contributed by atoms with Crippen LogP contribution >= 0.6 is 11.6 Å². The van der Waals surface area contributed by atoms with Crippen LogP contribution in [-0.4, -0.2) is 50.9 Å². The van der Waals surface area contributed by atoms with Crippen molar-refractivity contribution in [3.05, 3.63) is 89.4 Å². The summed E-state index contributed by atoms with van der Waals surface area (Å²) < 4.78 is 33.8. The van der Waals surface area contributed by atoms with Crippen molar-refractivity contribution in [2.24, 2.45) is 0 Å². The first-order valence-corrected chi connectivity index (χ1v) is 14.4. The number of carbonyl (C=O) groups excluding carboxylic acids is 2. The van der Waals surface area contributed by atoms with Crippen molar-refractivity contribution in [3.63, 3.8) is 0 Å². The number of nitrogens with zero attached hydrogens (tertiary/aromatic N) is 2. The number of nitrogens with one attached hydrogen (secondary N) is 1. The Morgan fingerprint density at radius 2 is 1.64 bits per heavy atom. The fraction of sp³-hybridized carbons (Fsp3) is 0.310. The van der Waals surface area contributed by atoms with E-state index in [0.717, 1.165) is 9.87 Å². The van der Waals surface area contributed by atoms with Crippen molar-refractivity contribution in [2.75, 3.05) is 18.0 Å². The minimum absolute atomic E-state index is 0.0315. The molecule has 8 nitrogen and oxygen atoms in total. The molecule has 3 aromatic carbocycles. The van der Waals surface area contributed by atoms with E-state index >= 15 is 0 Å². The minimum Gasteiger partial charge on any atom is -0.497 e. The number of hydrogen-bond acceptors (Lipinski definition) is 5. The van der Waals surface area contributed by atoms with Gasteiger partial charge in [-0.15, -0.1) is 0 Å². The van der Waals surface area contributed by atoms with Gasteiger partial charge in [0, 0.05) is 17.6 Å². The number of hydrogen-bond donors (Lipinski definition) is 1. The lowest BCUT2D eigenvalue weighted by Crippen LogP contribution is -2.53. The molecular formula is C29H34ClN3O5S. The third-order valence-electron chi connectivity index (χ3n) is 6.04. The summed E-state index contributed by atoms with van der Waals surface area (Å²) >= 11 is 6.20. The third-order valence-corrected chi connectivity index (χ3v) is 8.06. The molecule has 2 amide bonds. The predicted octanol–water partition coefficient (Wildman–Crippen LogP) is 4.88. The Morgan fingerprint density at radius 1 is 0.974 bits per heavy atom. The molecule has 0 aromatic heterocycles. The average Bonchev–Trinajstić information content (AvgIpc) is 2.91. The second-order valence-electron chi connectivity index (χ2n) is 9.26. The number of sulfonamides is 1. The van der Waals surface area contributed by atoms with Crippen molar-refractivity contribution < 1.29 is 22.7 Å². The Labute approximate surface area is 235 Å². The summed E-state index contributed by atoms with van der Waals surface area (Å²) in [4.78, 5) is 28.6. The molecule has 0 radical (unpaired) electrons. The first-order valence-electron chi connectivity index (χ1n) is 12.6. The van der Waals surface area contributed by atoms with E-state index < -0.39 is 28.5 Å². The van der Waals surface area contributed by atoms with Gasteiger partial charge in [-0.05, 0) is 68.3 Å². The summed E-state index contributed by atoms with van der Waals surface area (Å²) in [6, 6.07) is 20.4. The van der Waals surface area contributed by atoms with Crippen LogP contribution in [0.15, 0.2) is 83.8 Å². The van der Waals surface area contributed by atoms with Gasteiger partial charge in [-0.1, -0.05) is 54.9 Å². The molecule has 0 unspecified atom stereocenters. The number of carbonyl (C=O) groups is 2. The van der Waals surface area contributed by atoms with Gasteiger partial charge in [0.25, 0.3) is 10.0 Å². The van der Waals surface area contributed by atoms with Crippen LogP contribution < -0.4 is 14.4 Å². The molecule has 0 saturated carbocycles. The van der Waals surface area contributed by atoms with Gasteiger partial charge in [0.05, 0.1) is 17.7 Å². The lowest BCUT2D eigenvalue weighted by atomic mass is 10.1. The molecule has 0 aliphatic rings. The zero-order chi connectivity index (χ0) is 28.6. The maximum Gasteiger partial charge on any atom is 0.264 e. The molecule has 10 heteroatoms. The number of ether oxygens (including phenoxy) is 1. The summed E-state index contributed by atoms with van der Waals surface area (Å²) in [5.41, 5.74) is 1.00. The molecule has 0 saturated heterocycles. The van der Waals surface area contributed by atoms with Crippen LogP contribution in [0.3, 0.4) is 0 Å². The van der Waals surface area contributed by atoms with Crippen LogP contribution in [0.1, 0.15) is 32.8 Å². The summed E-state index contributed by atoms with van der Waals surface area (Å²) in [5, 5.41) is 3.20. The van der Waals surface area contributed by atoms with E-state index in [1.807, 2.05) is 32.9 Å². The molecule has 3 aromatic rings. The quantitative estimate of drug-likeness (QED) is 0.334. The lowest BCUT2D eigenvalue weighted by Gasteiger charge is -2.33. The van der Waals surface area contributed by atoms with Crippen LogP contribution in [-0.2, 0) is 26.2 Å². The highest BCUT2D eigenvalue weighted by Gasteiger charge is 2.33. The zero-order valence-corrected chi connectivity index (χ0v) is 24.1. The molecule has 0 aliphatic heterocycles. The highest BCUT2D eigenvalue weighted by atomic mass is 35.5. The monoisotopic (exact) mass is 571 g/mol. The smallest absolute Gasteiger partial charge is 0.264 e. The Morgan fingerprint density at radius 3 is 2.21 bits per heavy atom. The molecule has 0 heterocycles. The number of halogens is 1. The van der Waals surface area contributed by atoms with Crippen molar-refractivity contribution >= 4 is 39.1 Å². The van der Waals surface area contributed by atoms with Crippen molar-refractivity contribution in [1.29, 1.82) is 0 Å². The van der Waals surface area contributed by atoms with Gasteiger partial charge < -0.3 is 15.0 Å². The van der Waals surface area contributed by atoms with E-state index in [0.29, 0.717) is 17.2 Å². The third kappa shape index (κ3) is 7.74. The Balaban J connectivity index is 2.04. The Bertz CT molecular complexity index is 1370. The number of rotatable bonds is 12. The Hall–Kier alpha value is -3.56. The number of anilines is 1. The number of benzene rings is 3. The lowest BCUT2D eigenvalue weighted by molar-refractivity contribution is -0.140. The van der Waals surface area contributed by atoms with Gasteiger partial charge in [0.1, 0.15) is 18.3 Å². The summed E-state index contributed by atoms with van der Waals surface area (Å²) in [5.74, 6) is -0.187. The molecule has 208 valence electrons. The molecule has 1 atom stereocenters. The maximum atomic E-state index is 14.0. The van der Waals surface area contributed by atoms with Crippen LogP contribution in [0.25, 0.3) is 0 Å². The molecule has 0 fully saturated rings. The first kappa shape index (κ1) is 30.0. The highest BCUT2D eigenvalue weighted by Crippen LogP contribution is 2.27. The highest BCUT2D eigenvalue weighted by molar-refractivity contribution is 7.92. The molecule has 0 bridgehead atoms. The molecular weight excluding hydrogens is 538 g/mol. The Kier molecular flexibility index (Phi) is 10.4. The van der Waals surface area contributed by atoms with Crippen molar-refractivity contribution in [1.82, 2.24) is 10.2 Å². The zero-order valence-electron chi connectivity index (χ0n) is 22.5. The summed E-state index contributed by atoms with van der Waals surface area (Å²) in [6.45, 7) is 5.07. The van der Waals surface area contributed by atoms with Gasteiger partial charge >= 0.3 is 0 Å². The van der Waals surface area contributed by atoms with Gasteiger partial charge in [-0.2, -0.15) is 0 Å². The van der Waals surface area contributed by atoms with E-state index in [1.165, 1.54) is 23.1 Å². The average molecular weight is 572 g/mol. The molecule has 1 N–H and O–H groups in total. The van der Waals surface area contributed by atoms with Crippen molar-refractivity contribution in [2.45, 2.75) is 50.7 Å². The van der Waals surface area contributed by atoms with E-state index in [4.69, 9.17) is 16.3 Å². The second kappa shape index (κ2) is 13.5. The van der Waals surface area contributed by atoms with Crippen LogP contribution in [0.5, 0.6) is 5.75 Å². The van der Waals surface area contributed by atoms with Gasteiger partial charge in [-0.25, -0.2) is 8.42 Å². The second-order valence-corrected chi connectivity index (χ2v) is 11.6. The molecule has 0 spiro atoms. The SMILES string of the molecule is CC[C@@H](C(=O)NC(C)C)N(Cc1ccc(OC)cc1)C(=O)CN(c1cccc(Cl)c1)S(=O)(=O)c1ccccc1. The van der Waals surface area contributed by atoms with Crippen LogP contribution in [0, 0.1) is 0 Å². The van der Waals surface area contributed by atoms with E-state index in [1.54, 1.807) is 55.6 Å². The standard InChI is InChI=1S/C29H34ClN3O5S/c1-5-27(29(35)31-21(2)3)32(19-22-14-16-25(38-4)17-15-22)28(34)20-33(24-11-9-10-23(30)18-24)39(36,37)26-12-7-6-8-13-26/h6-18,21,27H,5,19-20H2,1-4H3,(H,31,35)/t27-/m0/s1. The number of amides is 2. The fourth-order valence-electron chi connectivity index (χ4n) is 4.11. The molecule has 3 rings (SSSR count). The molecule has 0 aliphatic carbocycles. The first-order chi connectivity index (χ1) is 18.6. The summed E-state index contributed by atoms with van der Waals surface area (Å²) in [6.07, 6.45) is 0.336. The van der Waals surface area contributed by atoms with Crippen molar-refractivity contribution in [3.8, 4) is 5.75 Å². The van der Waals surface area contributed by atoms with E-state index in [9.17, 15) is 18.0 Å². The normalized spacial score (nSPS) is 12.1. The van der Waals surface area contributed by atoms with E-state index in [2.05, 4.69) is 5.32 Å². The predicted molar refractivity (Wildman–Crippen MR) is 153 cm³/mol. The van der Waals surface area contributed by atoms with Crippen LogP contribution in [0.4, 0.5) is 5.69 Å². The van der Waals surface area contributed by atoms with Gasteiger partial charge in [-0.3, -0.25) is 13.9 Å². The largest absolute Gasteiger partial charge is 0.497 e. The maximum absolute atomic E-state index is 14.0. The van der Waals surface area contributed by atoms with Gasteiger partial charge in [0.15, 0.2) is 0 Å². The number of methoxy groups -OCH3 is 1. The van der Waals surface area contributed by atoms with Gasteiger partial charge in [0.2, 0.25) is 11.8 Å². The molecule has 39 heavy (non-hydrogen) atoms.